The zero-order chi connectivity index (χ0) is 25.6. The minimum Gasteiger partial charge on any atom is -0.455 e. The lowest BCUT2D eigenvalue weighted by Gasteiger charge is -2.20. The van der Waals surface area contributed by atoms with Crippen molar-refractivity contribution in [2.45, 2.75) is 32.6 Å². The van der Waals surface area contributed by atoms with Gasteiger partial charge in [0.15, 0.2) is 5.75 Å². The van der Waals surface area contributed by atoms with Gasteiger partial charge in [-0.3, -0.25) is 9.59 Å². The molecule has 0 heterocycles. The van der Waals surface area contributed by atoms with E-state index in [2.05, 4.69) is 10.6 Å². The topological polar surface area (TPSA) is 105 Å². The lowest BCUT2D eigenvalue weighted by molar-refractivity contribution is -0.114. The third-order valence-corrected chi connectivity index (χ3v) is 7.28. The summed E-state index contributed by atoms with van der Waals surface area (Å²) in [5.41, 5.74) is 2.02. The van der Waals surface area contributed by atoms with Gasteiger partial charge in [0.1, 0.15) is 5.75 Å². The van der Waals surface area contributed by atoms with Crippen LogP contribution >= 0.6 is 0 Å². The Morgan fingerprint density at radius 1 is 0.914 bits per heavy atom. The first-order valence-electron chi connectivity index (χ1n) is 11.2. The molecule has 0 fully saturated rings. The molecular formula is C26H29N3O5S. The van der Waals surface area contributed by atoms with Crippen LogP contribution < -0.4 is 15.4 Å². The molecule has 0 saturated heterocycles. The molecule has 0 aliphatic carbocycles. The first-order chi connectivity index (χ1) is 16.6. The van der Waals surface area contributed by atoms with Crippen molar-refractivity contribution in [1.29, 1.82) is 0 Å². The molecule has 0 saturated carbocycles. The molecule has 2 amide bonds. The van der Waals surface area contributed by atoms with Crippen molar-refractivity contribution in [3.8, 4) is 11.5 Å². The van der Waals surface area contributed by atoms with Crippen LogP contribution in [-0.4, -0.2) is 37.6 Å². The molecule has 0 aromatic heterocycles. The third kappa shape index (κ3) is 6.46. The van der Waals surface area contributed by atoms with Gasteiger partial charge in [-0.05, 0) is 55.5 Å². The first-order valence-corrected chi connectivity index (χ1v) is 12.7. The van der Waals surface area contributed by atoms with E-state index in [1.165, 1.54) is 35.5 Å². The van der Waals surface area contributed by atoms with Gasteiger partial charge in [0, 0.05) is 31.3 Å². The number of sulfonamides is 1. The number of aryl methyl sites for hydroxylation is 1. The van der Waals surface area contributed by atoms with E-state index >= 15 is 0 Å². The highest BCUT2D eigenvalue weighted by Gasteiger charge is 2.24. The van der Waals surface area contributed by atoms with E-state index in [9.17, 15) is 18.0 Å². The Bertz CT molecular complexity index is 1320. The summed E-state index contributed by atoms with van der Waals surface area (Å²) in [7, 11) is -3.76. The summed E-state index contributed by atoms with van der Waals surface area (Å²) in [6.07, 6.45) is 0. The predicted molar refractivity (Wildman–Crippen MR) is 137 cm³/mol. The van der Waals surface area contributed by atoms with Gasteiger partial charge in [0.2, 0.25) is 15.9 Å². The van der Waals surface area contributed by atoms with E-state index in [-0.39, 0.29) is 22.1 Å². The fraction of sp³-hybridized carbons (Fsp3) is 0.231. The minimum atomic E-state index is -3.76. The van der Waals surface area contributed by atoms with Crippen LogP contribution in [0.1, 0.15) is 36.7 Å². The number of rotatable bonds is 9. The maximum atomic E-state index is 13.1. The maximum Gasteiger partial charge on any atom is 0.255 e. The summed E-state index contributed by atoms with van der Waals surface area (Å²) in [4.78, 5) is 24.5. The Hall–Kier alpha value is -3.69. The van der Waals surface area contributed by atoms with Gasteiger partial charge in [0.05, 0.1) is 10.6 Å². The Kier molecular flexibility index (Phi) is 8.26. The largest absolute Gasteiger partial charge is 0.455 e. The molecule has 0 unspecified atom stereocenters. The molecular weight excluding hydrogens is 466 g/mol. The predicted octanol–water partition coefficient (Wildman–Crippen LogP) is 5.03. The Labute approximate surface area is 206 Å². The molecule has 3 aromatic rings. The number of carbonyl (C=O) groups excluding carboxylic acids is 2. The molecule has 2 N–H and O–H groups in total. The second-order valence-electron chi connectivity index (χ2n) is 7.88. The number of hydrogen-bond donors (Lipinski definition) is 2. The molecule has 3 rings (SSSR count). The lowest BCUT2D eigenvalue weighted by Crippen LogP contribution is -2.30. The summed E-state index contributed by atoms with van der Waals surface area (Å²) in [5, 5.41) is 5.41. The first kappa shape index (κ1) is 25.9. The van der Waals surface area contributed by atoms with E-state index in [0.29, 0.717) is 30.3 Å². The number of nitrogens with zero attached hydrogens (tertiary/aromatic N) is 1. The number of benzene rings is 3. The highest BCUT2D eigenvalue weighted by Crippen LogP contribution is 2.33. The summed E-state index contributed by atoms with van der Waals surface area (Å²) in [6.45, 7) is 7.50. The average molecular weight is 496 g/mol. The van der Waals surface area contributed by atoms with E-state index < -0.39 is 15.9 Å². The SMILES string of the molecule is CCN(CC)S(=O)(=O)c1ccc(Oc2ccc(C)cc2)c(NC(=O)c2cccc(NC(C)=O)c2)c1. The molecule has 9 heteroatoms. The fourth-order valence-corrected chi connectivity index (χ4v) is 4.92. The van der Waals surface area contributed by atoms with Crippen molar-refractivity contribution < 1.29 is 22.7 Å². The smallest absolute Gasteiger partial charge is 0.255 e. The van der Waals surface area contributed by atoms with Gasteiger partial charge in [-0.1, -0.05) is 37.6 Å². The molecule has 35 heavy (non-hydrogen) atoms. The van der Waals surface area contributed by atoms with Crippen molar-refractivity contribution in [2.75, 3.05) is 23.7 Å². The van der Waals surface area contributed by atoms with Crippen LogP contribution in [0.25, 0.3) is 0 Å². The van der Waals surface area contributed by atoms with Crippen LogP contribution in [0.4, 0.5) is 11.4 Å². The molecule has 3 aromatic carbocycles. The molecule has 0 radical (unpaired) electrons. The van der Waals surface area contributed by atoms with Gasteiger partial charge < -0.3 is 15.4 Å². The zero-order valence-electron chi connectivity index (χ0n) is 20.2. The van der Waals surface area contributed by atoms with Gasteiger partial charge in [0.25, 0.3) is 5.91 Å². The minimum absolute atomic E-state index is 0.0414. The van der Waals surface area contributed by atoms with Gasteiger partial charge in [-0.2, -0.15) is 4.31 Å². The Morgan fingerprint density at radius 2 is 1.60 bits per heavy atom. The normalized spacial score (nSPS) is 11.2. The molecule has 0 aliphatic rings. The Balaban J connectivity index is 2.00. The van der Waals surface area contributed by atoms with Crippen molar-refractivity contribution >= 4 is 33.2 Å². The Morgan fingerprint density at radius 3 is 2.23 bits per heavy atom. The fourth-order valence-electron chi connectivity index (χ4n) is 3.44. The summed E-state index contributed by atoms with van der Waals surface area (Å²) in [6, 6.07) is 18.2. The van der Waals surface area contributed by atoms with Crippen molar-refractivity contribution in [3.05, 3.63) is 77.9 Å². The van der Waals surface area contributed by atoms with Gasteiger partial charge in [-0.25, -0.2) is 8.42 Å². The van der Waals surface area contributed by atoms with Crippen LogP contribution in [-0.2, 0) is 14.8 Å². The third-order valence-electron chi connectivity index (χ3n) is 5.24. The standard InChI is InChI=1S/C26H29N3O5S/c1-5-29(6-2)35(32,33)23-14-15-25(34-22-12-10-18(3)11-13-22)24(17-23)28-26(31)20-8-7-9-21(16-20)27-19(4)30/h7-17H,5-6H2,1-4H3,(H,27,30)(H,28,31). The van der Waals surface area contributed by atoms with E-state index in [1.807, 2.05) is 19.1 Å². The summed E-state index contributed by atoms with van der Waals surface area (Å²) >= 11 is 0. The lowest BCUT2D eigenvalue weighted by atomic mass is 10.1. The summed E-state index contributed by atoms with van der Waals surface area (Å²) in [5.74, 6) is 0.0887. The average Bonchev–Trinajstić information content (AvgIpc) is 2.82. The van der Waals surface area contributed by atoms with Crippen LogP contribution in [0, 0.1) is 6.92 Å². The molecule has 0 atom stereocenters. The van der Waals surface area contributed by atoms with Crippen LogP contribution in [0.5, 0.6) is 11.5 Å². The number of anilines is 2. The zero-order valence-corrected chi connectivity index (χ0v) is 21.0. The molecule has 0 spiro atoms. The highest BCUT2D eigenvalue weighted by molar-refractivity contribution is 7.89. The van der Waals surface area contributed by atoms with E-state index in [1.54, 1.807) is 44.2 Å². The van der Waals surface area contributed by atoms with Crippen molar-refractivity contribution in [2.24, 2.45) is 0 Å². The molecule has 0 bridgehead atoms. The van der Waals surface area contributed by atoms with Gasteiger partial charge in [-0.15, -0.1) is 0 Å². The maximum absolute atomic E-state index is 13.1. The quantitative estimate of drug-likeness (QED) is 0.433. The monoisotopic (exact) mass is 495 g/mol. The number of hydrogen-bond acceptors (Lipinski definition) is 5. The number of nitrogens with one attached hydrogen (secondary N) is 2. The number of carbonyl (C=O) groups is 2. The second kappa shape index (κ2) is 11.2. The van der Waals surface area contributed by atoms with Crippen molar-refractivity contribution in [3.63, 3.8) is 0 Å². The van der Waals surface area contributed by atoms with Crippen LogP contribution in [0.3, 0.4) is 0 Å². The van der Waals surface area contributed by atoms with Gasteiger partial charge >= 0.3 is 0 Å². The molecule has 184 valence electrons. The molecule has 8 nitrogen and oxygen atoms in total. The molecule has 0 aliphatic heterocycles. The second-order valence-corrected chi connectivity index (χ2v) is 9.82. The summed E-state index contributed by atoms with van der Waals surface area (Å²) < 4.78 is 33.5. The van der Waals surface area contributed by atoms with Crippen LogP contribution in [0.15, 0.2) is 71.6 Å². The van der Waals surface area contributed by atoms with Crippen molar-refractivity contribution in [1.82, 2.24) is 4.31 Å². The van der Waals surface area contributed by atoms with E-state index in [4.69, 9.17) is 4.74 Å². The number of ether oxygens (including phenoxy) is 1. The van der Waals surface area contributed by atoms with Crippen LogP contribution in [0.2, 0.25) is 0 Å². The van der Waals surface area contributed by atoms with E-state index in [0.717, 1.165) is 5.56 Å². The number of amides is 2. The highest BCUT2D eigenvalue weighted by atomic mass is 32.2.